The summed E-state index contributed by atoms with van der Waals surface area (Å²) in [4.78, 5) is 24.2. The number of fused-ring (bicyclic) bond motifs is 1. The molecule has 0 aromatic heterocycles. The van der Waals surface area contributed by atoms with Gasteiger partial charge in [-0.1, -0.05) is 6.07 Å². The second kappa shape index (κ2) is 8.62. The van der Waals surface area contributed by atoms with Crippen molar-refractivity contribution in [3.63, 3.8) is 0 Å². The molecule has 1 heterocycles. The van der Waals surface area contributed by atoms with Crippen LogP contribution in [0.2, 0.25) is 0 Å². The van der Waals surface area contributed by atoms with Gasteiger partial charge in [-0.3, -0.25) is 9.59 Å². The van der Waals surface area contributed by atoms with Gasteiger partial charge in [-0.25, -0.2) is 0 Å². The van der Waals surface area contributed by atoms with Crippen molar-refractivity contribution in [2.45, 2.75) is 12.5 Å². The van der Waals surface area contributed by atoms with Gasteiger partial charge in [0.1, 0.15) is 17.2 Å². The molecule has 2 aromatic rings. The monoisotopic (exact) mass is 386 g/mol. The lowest BCUT2D eigenvalue weighted by molar-refractivity contribution is -0.136. The van der Waals surface area contributed by atoms with Gasteiger partial charge in [-0.05, 0) is 35.4 Å². The summed E-state index contributed by atoms with van der Waals surface area (Å²) in [5.74, 6) is 0.00954. The minimum absolute atomic E-state index is 0.0916. The highest BCUT2D eigenvalue weighted by atomic mass is 16.5. The maximum absolute atomic E-state index is 12.1. The van der Waals surface area contributed by atoms with Crippen molar-refractivity contribution < 1.29 is 28.9 Å². The van der Waals surface area contributed by atoms with Crippen LogP contribution < -0.4 is 24.8 Å². The van der Waals surface area contributed by atoms with Gasteiger partial charge in [0.05, 0.1) is 32.6 Å². The Bertz CT molecular complexity index is 883. The number of rotatable bonds is 6. The van der Waals surface area contributed by atoms with Crippen LogP contribution in [0, 0.1) is 0 Å². The minimum atomic E-state index is -0.932. The lowest BCUT2D eigenvalue weighted by atomic mass is 10.0. The Kier molecular flexibility index (Phi) is 6.00. The largest absolute Gasteiger partial charge is 0.497 e. The molecule has 3 rings (SSSR count). The van der Waals surface area contributed by atoms with E-state index < -0.39 is 17.9 Å². The van der Waals surface area contributed by atoms with Crippen LogP contribution in [0.4, 0.5) is 5.69 Å². The summed E-state index contributed by atoms with van der Waals surface area (Å²) in [6.45, 7) is 0.534. The van der Waals surface area contributed by atoms with Gasteiger partial charge in [0.15, 0.2) is 0 Å². The number of ether oxygens (including phenoxy) is 3. The van der Waals surface area contributed by atoms with Gasteiger partial charge in [0.25, 0.3) is 0 Å². The average Bonchev–Trinajstić information content (AvgIpc) is 3.19. The van der Waals surface area contributed by atoms with E-state index >= 15 is 0 Å². The van der Waals surface area contributed by atoms with E-state index in [4.69, 9.17) is 14.2 Å². The molecule has 0 aliphatic carbocycles. The van der Waals surface area contributed by atoms with Gasteiger partial charge in [0.2, 0.25) is 0 Å². The number of benzene rings is 2. The molecule has 1 atom stereocenters. The van der Waals surface area contributed by atoms with Crippen LogP contribution in [0.15, 0.2) is 36.4 Å². The normalized spacial score (nSPS) is 13.1. The summed E-state index contributed by atoms with van der Waals surface area (Å²) in [6.07, 6.45) is -0.146. The second-order valence-corrected chi connectivity index (χ2v) is 6.21. The van der Waals surface area contributed by atoms with E-state index in [0.717, 1.165) is 17.7 Å². The molecular weight excluding hydrogens is 364 g/mol. The first-order valence-electron chi connectivity index (χ1n) is 8.76. The number of nitrogens with one attached hydrogen (secondary N) is 2. The first-order chi connectivity index (χ1) is 13.5. The van der Waals surface area contributed by atoms with Gasteiger partial charge in [-0.2, -0.15) is 0 Å². The number of anilines is 1. The number of carbonyl (C=O) groups is 2. The van der Waals surface area contributed by atoms with Crippen molar-refractivity contribution >= 4 is 17.5 Å². The highest BCUT2D eigenvalue weighted by Crippen LogP contribution is 2.29. The van der Waals surface area contributed by atoms with E-state index in [1.165, 1.54) is 14.2 Å². The predicted octanol–water partition coefficient (Wildman–Crippen LogP) is 1.43. The zero-order valence-corrected chi connectivity index (χ0v) is 15.7. The van der Waals surface area contributed by atoms with Crippen LogP contribution in [0.1, 0.15) is 17.2 Å². The summed E-state index contributed by atoms with van der Waals surface area (Å²) in [5.41, 5.74) is 2.01. The molecule has 28 heavy (non-hydrogen) atoms. The molecule has 0 saturated carbocycles. The Hall–Kier alpha value is -3.26. The van der Waals surface area contributed by atoms with E-state index in [1.54, 1.807) is 30.3 Å². The van der Waals surface area contributed by atoms with Crippen molar-refractivity contribution in [1.29, 1.82) is 0 Å². The number of aliphatic hydroxyl groups is 1. The molecule has 0 unspecified atom stereocenters. The molecule has 0 radical (unpaired) electrons. The molecule has 148 valence electrons. The molecule has 2 amide bonds. The summed E-state index contributed by atoms with van der Waals surface area (Å²) in [7, 11) is 2.96. The van der Waals surface area contributed by atoms with Gasteiger partial charge in [-0.15, -0.1) is 0 Å². The lowest BCUT2D eigenvalue weighted by Crippen LogP contribution is -2.37. The fourth-order valence-corrected chi connectivity index (χ4v) is 2.88. The Morgan fingerprint density at radius 1 is 1.14 bits per heavy atom. The standard InChI is InChI=1S/C20H22N2O6/c1-26-14-4-5-15(18(10-14)27-2)22-20(25)19(24)21-11-16(23)12-3-6-17-13(9-12)7-8-28-17/h3-6,9-10,16,23H,7-8,11H2,1-2H3,(H,21,24)(H,22,25)/t16-/m1/s1. The average molecular weight is 386 g/mol. The second-order valence-electron chi connectivity index (χ2n) is 6.21. The topological polar surface area (TPSA) is 106 Å². The zero-order valence-electron chi connectivity index (χ0n) is 15.7. The van der Waals surface area contributed by atoms with E-state index in [-0.39, 0.29) is 6.54 Å². The zero-order chi connectivity index (χ0) is 20.1. The summed E-state index contributed by atoms with van der Waals surface area (Å²) < 4.78 is 15.7. The fourth-order valence-electron chi connectivity index (χ4n) is 2.88. The number of aliphatic hydroxyl groups excluding tert-OH is 1. The highest BCUT2D eigenvalue weighted by Gasteiger charge is 2.19. The summed E-state index contributed by atoms with van der Waals surface area (Å²) in [6, 6.07) is 10.2. The SMILES string of the molecule is COc1ccc(NC(=O)C(=O)NC[C@@H](O)c2ccc3c(c2)CCO3)c(OC)c1. The first-order valence-corrected chi connectivity index (χ1v) is 8.76. The Balaban J connectivity index is 1.56. The third-order valence-corrected chi connectivity index (χ3v) is 4.42. The molecule has 8 heteroatoms. The number of methoxy groups -OCH3 is 2. The third kappa shape index (κ3) is 4.34. The van der Waals surface area contributed by atoms with Crippen molar-refractivity contribution in [1.82, 2.24) is 5.32 Å². The third-order valence-electron chi connectivity index (χ3n) is 4.42. The first kappa shape index (κ1) is 19.5. The maximum atomic E-state index is 12.1. The number of carbonyl (C=O) groups excluding carboxylic acids is 2. The molecule has 8 nitrogen and oxygen atoms in total. The maximum Gasteiger partial charge on any atom is 0.313 e. The molecule has 1 aliphatic rings. The number of hydrogen-bond acceptors (Lipinski definition) is 6. The molecule has 2 aromatic carbocycles. The van der Waals surface area contributed by atoms with Crippen LogP contribution in [0.3, 0.4) is 0 Å². The van der Waals surface area contributed by atoms with Gasteiger partial charge >= 0.3 is 11.8 Å². The highest BCUT2D eigenvalue weighted by molar-refractivity contribution is 6.39. The van der Waals surface area contributed by atoms with E-state index in [1.807, 2.05) is 6.07 Å². The van der Waals surface area contributed by atoms with Crippen LogP contribution in [-0.4, -0.2) is 44.3 Å². The molecule has 0 spiro atoms. The van der Waals surface area contributed by atoms with Crippen LogP contribution in [0.25, 0.3) is 0 Å². The molecule has 0 saturated heterocycles. The minimum Gasteiger partial charge on any atom is -0.497 e. The molecule has 0 bridgehead atoms. The van der Waals surface area contributed by atoms with Crippen molar-refractivity contribution in [2.75, 3.05) is 32.7 Å². The van der Waals surface area contributed by atoms with E-state index in [0.29, 0.717) is 29.4 Å². The molecule has 0 fully saturated rings. The Morgan fingerprint density at radius 3 is 2.71 bits per heavy atom. The van der Waals surface area contributed by atoms with Crippen molar-refractivity contribution in [3.8, 4) is 17.2 Å². The van der Waals surface area contributed by atoms with Gasteiger partial charge in [0, 0.05) is 19.0 Å². The van der Waals surface area contributed by atoms with E-state index in [2.05, 4.69) is 10.6 Å². The van der Waals surface area contributed by atoms with E-state index in [9.17, 15) is 14.7 Å². The Morgan fingerprint density at radius 2 is 1.96 bits per heavy atom. The van der Waals surface area contributed by atoms with Crippen LogP contribution in [-0.2, 0) is 16.0 Å². The molecular formula is C20H22N2O6. The number of hydrogen-bond donors (Lipinski definition) is 3. The summed E-state index contributed by atoms with van der Waals surface area (Å²) in [5, 5.41) is 15.2. The number of amides is 2. The van der Waals surface area contributed by atoms with Crippen molar-refractivity contribution in [3.05, 3.63) is 47.5 Å². The quantitative estimate of drug-likeness (QED) is 0.649. The van der Waals surface area contributed by atoms with Crippen LogP contribution in [0.5, 0.6) is 17.2 Å². The molecule has 3 N–H and O–H groups in total. The summed E-state index contributed by atoms with van der Waals surface area (Å²) >= 11 is 0. The predicted molar refractivity (Wildman–Crippen MR) is 102 cm³/mol. The smallest absolute Gasteiger partial charge is 0.313 e. The van der Waals surface area contributed by atoms with Gasteiger partial charge < -0.3 is 30.0 Å². The van der Waals surface area contributed by atoms with Crippen LogP contribution >= 0.6 is 0 Å². The fraction of sp³-hybridized carbons (Fsp3) is 0.300. The van der Waals surface area contributed by atoms with Crippen molar-refractivity contribution in [2.24, 2.45) is 0 Å². The Labute approximate surface area is 162 Å². The molecule has 1 aliphatic heterocycles. The lowest BCUT2D eigenvalue weighted by Gasteiger charge is -2.14.